The standard InChI is InChI=1S/C3H3ClO.Na.H/c4-2-1-3-5;;/h1-3H;;/b2-1-;;. The molecule has 0 radical (unpaired) electrons. The zero-order chi connectivity index (χ0) is 4.12. The molecule has 0 atom stereocenters. The maximum absolute atomic E-state index is 9.23. The zero-order valence-electron chi connectivity index (χ0n) is 2.52. The summed E-state index contributed by atoms with van der Waals surface area (Å²) in [5.74, 6) is 0. The van der Waals surface area contributed by atoms with Crippen molar-refractivity contribution in [2.45, 2.75) is 0 Å². The molecule has 0 saturated carbocycles. The summed E-state index contributed by atoms with van der Waals surface area (Å²) >= 11 is 4.89. The first-order valence-electron chi connectivity index (χ1n) is 1.12. The van der Waals surface area contributed by atoms with Crippen molar-refractivity contribution in [3.05, 3.63) is 11.6 Å². The van der Waals surface area contributed by atoms with Crippen molar-refractivity contribution in [2.75, 3.05) is 0 Å². The average molecular weight is 115 g/mol. The summed E-state index contributed by atoms with van der Waals surface area (Å²) in [5, 5.41) is 0. The van der Waals surface area contributed by atoms with E-state index < -0.39 is 0 Å². The fourth-order valence-corrected chi connectivity index (χ4v) is 0.0891. The Morgan fingerprint density at radius 3 is 2.00 bits per heavy atom. The average Bonchev–Trinajstić information content (AvgIpc) is 1.41. The third kappa shape index (κ3) is 8.83. The molecule has 30 valence electrons. The van der Waals surface area contributed by atoms with E-state index in [1.807, 2.05) is 0 Å². The Morgan fingerprint density at radius 2 is 2.00 bits per heavy atom. The van der Waals surface area contributed by atoms with Gasteiger partial charge in [0, 0.05) is 5.54 Å². The molecule has 3 heteroatoms. The molecule has 0 aliphatic heterocycles. The number of halogens is 1. The monoisotopic (exact) mass is 114 g/mol. The van der Waals surface area contributed by atoms with E-state index in [9.17, 15) is 4.79 Å². The Labute approximate surface area is 63.7 Å². The topological polar surface area (TPSA) is 17.1 Å². The minimum atomic E-state index is 0. The van der Waals surface area contributed by atoms with Gasteiger partial charge in [-0.25, -0.2) is 0 Å². The summed E-state index contributed by atoms with van der Waals surface area (Å²) in [4.78, 5) is 9.23. The van der Waals surface area contributed by atoms with E-state index in [1.54, 1.807) is 0 Å². The Morgan fingerprint density at radius 1 is 1.50 bits per heavy atom. The molecule has 0 unspecified atom stereocenters. The van der Waals surface area contributed by atoms with Gasteiger partial charge >= 0.3 is 29.6 Å². The van der Waals surface area contributed by atoms with Crippen molar-refractivity contribution in [2.24, 2.45) is 0 Å². The van der Waals surface area contributed by atoms with E-state index in [4.69, 9.17) is 11.6 Å². The van der Waals surface area contributed by atoms with Crippen LogP contribution in [0.4, 0.5) is 0 Å². The summed E-state index contributed by atoms with van der Waals surface area (Å²) in [6, 6.07) is 0. The number of carbonyl (C=O) groups excluding carboxylic acids is 1. The third-order valence-electron chi connectivity index (χ3n) is 0.151. The summed E-state index contributed by atoms with van der Waals surface area (Å²) in [6.07, 6.45) is 1.83. The molecule has 0 rings (SSSR count). The van der Waals surface area contributed by atoms with E-state index in [0.29, 0.717) is 6.29 Å². The van der Waals surface area contributed by atoms with Crippen molar-refractivity contribution in [1.82, 2.24) is 0 Å². The van der Waals surface area contributed by atoms with Crippen LogP contribution in [0.2, 0.25) is 0 Å². The summed E-state index contributed by atoms with van der Waals surface area (Å²) in [7, 11) is 0. The van der Waals surface area contributed by atoms with Crippen molar-refractivity contribution < 1.29 is 4.79 Å². The van der Waals surface area contributed by atoms with E-state index in [-0.39, 0.29) is 29.6 Å². The number of allylic oxidation sites excluding steroid dienone is 1. The van der Waals surface area contributed by atoms with E-state index >= 15 is 0 Å². The van der Waals surface area contributed by atoms with Gasteiger partial charge in [0.15, 0.2) is 0 Å². The molecular formula is C3H4ClNaO. The number of hydrogen-bond acceptors (Lipinski definition) is 1. The minimum absolute atomic E-state index is 0. The Kier molecular flexibility index (Phi) is 15.1. The van der Waals surface area contributed by atoms with Gasteiger partial charge in [-0.3, -0.25) is 4.79 Å². The number of aldehydes is 1. The molecular weight excluding hydrogens is 110 g/mol. The fraction of sp³-hybridized carbons (Fsp3) is 0. The van der Waals surface area contributed by atoms with E-state index in [2.05, 4.69) is 0 Å². The first-order chi connectivity index (χ1) is 2.41. The van der Waals surface area contributed by atoms with Crippen LogP contribution in [0.5, 0.6) is 0 Å². The van der Waals surface area contributed by atoms with Gasteiger partial charge in [-0.05, 0) is 6.08 Å². The summed E-state index contributed by atoms with van der Waals surface area (Å²) in [5.41, 5.74) is 1.16. The first kappa shape index (κ1) is 9.85. The van der Waals surface area contributed by atoms with Crippen LogP contribution in [-0.2, 0) is 4.79 Å². The summed E-state index contributed by atoms with van der Waals surface area (Å²) < 4.78 is 0. The van der Waals surface area contributed by atoms with Crippen molar-refractivity contribution in [3.8, 4) is 0 Å². The van der Waals surface area contributed by atoms with Gasteiger partial charge in [0.2, 0.25) is 0 Å². The number of carbonyl (C=O) groups is 1. The molecule has 1 nitrogen and oxygen atoms in total. The molecule has 0 N–H and O–H groups in total. The number of hydrogen-bond donors (Lipinski definition) is 0. The molecule has 0 amide bonds. The van der Waals surface area contributed by atoms with Gasteiger partial charge in [0.1, 0.15) is 6.29 Å². The van der Waals surface area contributed by atoms with Crippen molar-refractivity contribution in [3.63, 3.8) is 0 Å². The molecule has 0 spiro atoms. The van der Waals surface area contributed by atoms with Gasteiger partial charge in [0.25, 0.3) is 0 Å². The summed E-state index contributed by atoms with van der Waals surface area (Å²) in [6.45, 7) is 0. The molecule has 0 aromatic heterocycles. The van der Waals surface area contributed by atoms with Crippen LogP contribution in [0, 0.1) is 0 Å². The normalized spacial score (nSPS) is 7.50. The molecule has 0 aliphatic carbocycles. The second kappa shape index (κ2) is 9.20. The molecule has 6 heavy (non-hydrogen) atoms. The van der Waals surface area contributed by atoms with Crippen LogP contribution in [0.15, 0.2) is 11.6 Å². The Balaban J connectivity index is 0. The molecule has 0 aromatic carbocycles. The van der Waals surface area contributed by atoms with Crippen LogP contribution in [0.1, 0.15) is 0 Å². The van der Waals surface area contributed by atoms with Crippen LogP contribution >= 0.6 is 11.6 Å². The van der Waals surface area contributed by atoms with Gasteiger partial charge in [-0.2, -0.15) is 0 Å². The zero-order valence-corrected chi connectivity index (χ0v) is 3.27. The molecule has 0 saturated heterocycles. The van der Waals surface area contributed by atoms with Gasteiger partial charge < -0.3 is 0 Å². The van der Waals surface area contributed by atoms with Crippen LogP contribution in [0.3, 0.4) is 0 Å². The second-order valence-corrected chi connectivity index (χ2v) is 0.706. The molecule has 0 bridgehead atoms. The SMILES string of the molecule is O=C/C=C\Cl.[NaH]. The molecule has 0 aromatic rings. The fourth-order valence-electron chi connectivity index (χ4n) is 0.0297. The van der Waals surface area contributed by atoms with Crippen LogP contribution < -0.4 is 0 Å². The first-order valence-corrected chi connectivity index (χ1v) is 1.56. The number of rotatable bonds is 1. The predicted octanol–water partition coefficient (Wildman–Crippen LogP) is 0.289. The quantitative estimate of drug-likeness (QED) is 0.272. The molecule has 0 heterocycles. The second-order valence-electron chi connectivity index (χ2n) is 0.455. The van der Waals surface area contributed by atoms with Crippen LogP contribution in [-0.4, -0.2) is 35.8 Å². The van der Waals surface area contributed by atoms with Gasteiger partial charge in [-0.1, -0.05) is 11.6 Å². The van der Waals surface area contributed by atoms with Gasteiger partial charge in [-0.15, -0.1) is 0 Å². The van der Waals surface area contributed by atoms with Crippen molar-refractivity contribution in [1.29, 1.82) is 0 Å². The van der Waals surface area contributed by atoms with E-state index in [0.717, 1.165) is 5.54 Å². The van der Waals surface area contributed by atoms with Gasteiger partial charge in [0.05, 0.1) is 0 Å². The van der Waals surface area contributed by atoms with Crippen molar-refractivity contribution >= 4 is 47.4 Å². The molecule has 0 aliphatic rings. The van der Waals surface area contributed by atoms with E-state index in [1.165, 1.54) is 6.08 Å². The molecule has 0 fully saturated rings. The Bertz CT molecular complexity index is 52.8. The van der Waals surface area contributed by atoms with Crippen LogP contribution in [0.25, 0.3) is 0 Å². The third-order valence-corrected chi connectivity index (χ3v) is 0.297. The predicted molar refractivity (Wildman–Crippen MR) is 28.2 cm³/mol. The Hall–Kier alpha value is 0.700. The maximum atomic E-state index is 9.23.